The molecule has 4 amide bonds. The molecule has 1 saturated heterocycles. The van der Waals surface area contributed by atoms with Crippen molar-refractivity contribution in [2.75, 3.05) is 26.1 Å². The van der Waals surface area contributed by atoms with Gasteiger partial charge in [-0.1, -0.05) is 32.9 Å². The standard InChI is InChI=1S/C27H33N3O5/c1-17-13-26(2,3)16-27(14-17)24(32)30(25(33)29-27)15-23(31)28-19-8-11-22(35-5)21(12-19)18-6-9-20(34-4)10-7-18/h6-12,17H,13-16H2,1-5H3,(H,28,31)(H,29,33)/t17-,27-/m0/s1. The molecule has 2 aliphatic rings. The van der Waals surface area contributed by atoms with Crippen LogP contribution in [0.4, 0.5) is 10.5 Å². The summed E-state index contributed by atoms with van der Waals surface area (Å²) in [5, 5.41) is 5.73. The molecular weight excluding hydrogens is 446 g/mol. The Balaban J connectivity index is 1.49. The molecule has 2 aromatic rings. The average molecular weight is 480 g/mol. The van der Waals surface area contributed by atoms with E-state index in [9.17, 15) is 14.4 Å². The third-order valence-corrected chi connectivity index (χ3v) is 6.81. The normalized spacial score (nSPS) is 23.2. The summed E-state index contributed by atoms with van der Waals surface area (Å²) in [7, 11) is 3.19. The zero-order valence-corrected chi connectivity index (χ0v) is 20.9. The Labute approximate surface area is 206 Å². The smallest absolute Gasteiger partial charge is 0.325 e. The summed E-state index contributed by atoms with van der Waals surface area (Å²) in [5.41, 5.74) is 1.22. The number of hydrogen-bond donors (Lipinski definition) is 2. The molecule has 2 fully saturated rings. The van der Waals surface area contributed by atoms with E-state index < -0.39 is 17.5 Å². The van der Waals surface area contributed by atoms with Crippen LogP contribution >= 0.6 is 0 Å². The predicted octanol–water partition coefficient (Wildman–Crippen LogP) is 4.45. The summed E-state index contributed by atoms with van der Waals surface area (Å²) in [6.45, 7) is 5.99. The molecule has 1 aliphatic carbocycles. The van der Waals surface area contributed by atoms with Crippen molar-refractivity contribution in [3.05, 3.63) is 42.5 Å². The second kappa shape index (κ2) is 9.24. The van der Waals surface area contributed by atoms with Gasteiger partial charge in [-0.25, -0.2) is 4.79 Å². The molecule has 0 radical (unpaired) electrons. The summed E-state index contributed by atoms with van der Waals surface area (Å²) in [6, 6.07) is 12.3. The van der Waals surface area contributed by atoms with Crippen LogP contribution in [-0.4, -0.2) is 49.0 Å². The minimum absolute atomic E-state index is 0.0696. The van der Waals surface area contributed by atoms with Gasteiger partial charge in [0.25, 0.3) is 5.91 Å². The number of imide groups is 1. The van der Waals surface area contributed by atoms with Crippen LogP contribution in [0.3, 0.4) is 0 Å². The molecule has 0 aromatic heterocycles. The Morgan fingerprint density at radius 2 is 1.80 bits per heavy atom. The highest BCUT2D eigenvalue weighted by Crippen LogP contribution is 2.46. The average Bonchev–Trinajstić information content (AvgIpc) is 3.00. The quantitative estimate of drug-likeness (QED) is 0.597. The molecule has 2 N–H and O–H groups in total. The molecule has 1 saturated carbocycles. The van der Waals surface area contributed by atoms with Crippen LogP contribution in [-0.2, 0) is 9.59 Å². The topological polar surface area (TPSA) is 97.0 Å². The first-order chi connectivity index (χ1) is 16.6. The molecule has 1 spiro atoms. The van der Waals surface area contributed by atoms with Gasteiger partial charge in [0.05, 0.1) is 14.2 Å². The number of ether oxygens (including phenoxy) is 2. The van der Waals surface area contributed by atoms with E-state index >= 15 is 0 Å². The molecule has 2 atom stereocenters. The number of carbonyl (C=O) groups excluding carboxylic acids is 3. The molecule has 0 unspecified atom stereocenters. The number of methoxy groups -OCH3 is 2. The Morgan fingerprint density at radius 3 is 2.43 bits per heavy atom. The Hall–Kier alpha value is -3.55. The van der Waals surface area contributed by atoms with E-state index in [-0.39, 0.29) is 17.9 Å². The van der Waals surface area contributed by atoms with Crippen LogP contribution < -0.4 is 20.1 Å². The number of hydrogen-bond acceptors (Lipinski definition) is 5. The van der Waals surface area contributed by atoms with Crippen LogP contribution in [0.5, 0.6) is 11.5 Å². The number of nitrogens with one attached hydrogen (secondary N) is 2. The van der Waals surface area contributed by atoms with Crippen LogP contribution in [0.25, 0.3) is 11.1 Å². The minimum Gasteiger partial charge on any atom is -0.497 e. The van der Waals surface area contributed by atoms with Crippen LogP contribution in [0.1, 0.15) is 40.0 Å². The van der Waals surface area contributed by atoms with Crippen LogP contribution in [0, 0.1) is 11.3 Å². The lowest BCUT2D eigenvalue weighted by molar-refractivity contribution is -0.136. The van der Waals surface area contributed by atoms with E-state index in [0.717, 1.165) is 28.2 Å². The van der Waals surface area contributed by atoms with Gasteiger partial charge in [-0.15, -0.1) is 0 Å². The van der Waals surface area contributed by atoms with Crippen molar-refractivity contribution in [3.8, 4) is 22.6 Å². The van der Waals surface area contributed by atoms with Crippen molar-refractivity contribution in [1.82, 2.24) is 10.2 Å². The van der Waals surface area contributed by atoms with Gasteiger partial charge in [0.15, 0.2) is 0 Å². The van der Waals surface area contributed by atoms with Gasteiger partial charge in [-0.05, 0) is 66.5 Å². The van der Waals surface area contributed by atoms with Crippen molar-refractivity contribution in [2.45, 2.75) is 45.6 Å². The second-order valence-corrected chi connectivity index (χ2v) is 10.4. The fraction of sp³-hybridized carbons (Fsp3) is 0.444. The predicted molar refractivity (Wildman–Crippen MR) is 133 cm³/mol. The largest absolute Gasteiger partial charge is 0.497 e. The fourth-order valence-corrected chi connectivity index (χ4v) is 5.78. The van der Waals surface area contributed by atoms with Gasteiger partial charge in [0.2, 0.25) is 5.91 Å². The number of rotatable bonds is 6. The van der Waals surface area contributed by atoms with E-state index in [1.807, 2.05) is 24.3 Å². The van der Waals surface area contributed by atoms with Crippen molar-refractivity contribution in [3.63, 3.8) is 0 Å². The zero-order valence-electron chi connectivity index (χ0n) is 20.9. The highest BCUT2D eigenvalue weighted by Gasteiger charge is 2.56. The SMILES string of the molecule is COc1ccc(-c2cc(NC(=O)CN3C(=O)N[C@]4(C[C@@H](C)CC(C)(C)C4)C3=O)ccc2OC)cc1. The van der Waals surface area contributed by atoms with E-state index in [2.05, 4.69) is 31.4 Å². The number of anilines is 1. The van der Waals surface area contributed by atoms with Gasteiger partial charge in [0.1, 0.15) is 23.6 Å². The number of nitrogens with zero attached hydrogens (tertiary/aromatic N) is 1. The maximum Gasteiger partial charge on any atom is 0.325 e. The van der Waals surface area contributed by atoms with E-state index in [0.29, 0.717) is 30.2 Å². The molecule has 35 heavy (non-hydrogen) atoms. The van der Waals surface area contributed by atoms with Crippen LogP contribution in [0.15, 0.2) is 42.5 Å². The molecule has 1 aliphatic heterocycles. The van der Waals surface area contributed by atoms with Gasteiger partial charge >= 0.3 is 6.03 Å². The number of carbonyl (C=O) groups is 3. The van der Waals surface area contributed by atoms with E-state index in [1.165, 1.54) is 0 Å². The van der Waals surface area contributed by atoms with Gasteiger partial charge in [0, 0.05) is 11.3 Å². The maximum atomic E-state index is 13.3. The molecule has 1 heterocycles. The highest BCUT2D eigenvalue weighted by atomic mass is 16.5. The second-order valence-electron chi connectivity index (χ2n) is 10.4. The summed E-state index contributed by atoms with van der Waals surface area (Å²) in [5.74, 6) is 0.926. The van der Waals surface area contributed by atoms with Crippen molar-refractivity contribution >= 4 is 23.5 Å². The summed E-state index contributed by atoms with van der Waals surface area (Å²) in [4.78, 5) is 40.0. The number of urea groups is 1. The Bertz CT molecular complexity index is 1140. The maximum absolute atomic E-state index is 13.3. The minimum atomic E-state index is -0.930. The van der Waals surface area contributed by atoms with Gasteiger partial charge < -0.3 is 20.1 Å². The lowest BCUT2D eigenvalue weighted by atomic mass is 9.64. The van der Waals surface area contributed by atoms with E-state index in [4.69, 9.17) is 9.47 Å². The molecule has 0 bridgehead atoms. The molecule has 8 nitrogen and oxygen atoms in total. The molecule has 8 heteroatoms. The summed E-state index contributed by atoms with van der Waals surface area (Å²) >= 11 is 0. The Morgan fingerprint density at radius 1 is 1.09 bits per heavy atom. The van der Waals surface area contributed by atoms with Gasteiger partial charge in [-0.3, -0.25) is 14.5 Å². The molecular formula is C27H33N3O5. The Kier molecular flexibility index (Phi) is 6.49. The first-order valence-electron chi connectivity index (χ1n) is 11.8. The first kappa shape index (κ1) is 24.6. The lowest BCUT2D eigenvalue weighted by Gasteiger charge is -2.43. The number of amides is 4. The monoisotopic (exact) mass is 479 g/mol. The third kappa shape index (κ3) is 4.97. The third-order valence-electron chi connectivity index (χ3n) is 6.81. The summed E-state index contributed by atoms with van der Waals surface area (Å²) in [6.07, 6.45) is 2.14. The highest BCUT2D eigenvalue weighted by molar-refractivity contribution is 6.10. The van der Waals surface area contributed by atoms with Crippen molar-refractivity contribution in [1.29, 1.82) is 0 Å². The summed E-state index contributed by atoms with van der Waals surface area (Å²) < 4.78 is 10.7. The lowest BCUT2D eigenvalue weighted by Crippen LogP contribution is -2.54. The van der Waals surface area contributed by atoms with E-state index in [1.54, 1.807) is 32.4 Å². The number of benzene rings is 2. The molecule has 186 valence electrons. The molecule has 2 aromatic carbocycles. The van der Waals surface area contributed by atoms with Crippen molar-refractivity contribution < 1.29 is 23.9 Å². The van der Waals surface area contributed by atoms with Crippen LogP contribution in [0.2, 0.25) is 0 Å². The molecule has 4 rings (SSSR count). The fourth-order valence-electron chi connectivity index (χ4n) is 5.78. The van der Waals surface area contributed by atoms with Crippen molar-refractivity contribution in [2.24, 2.45) is 11.3 Å². The zero-order chi connectivity index (χ0) is 25.4. The first-order valence-corrected chi connectivity index (χ1v) is 11.8. The van der Waals surface area contributed by atoms with Gasteiger partial charge in [-0.2, -0.15) is 0 Å².